The van der Waals surface area contributed by atoms with Crippen molar-refractivity contribution in [2.75, 3.05) is 32.2 Å². The van der Waals surface area contributed by atoms with Gasteiger partial charge in [-0.25, -0.2) is 0 Å². The van der Waals surface area contributed by atoms with E-state index in [0.717, 1.165) is 35.1 Å². The fraction of sp³-hybridized carbons (Fsp3) is 0.375. The van der Waals surface area contributed by atoms with Crippen molar-refractivity contribution in [3.63, 3.8) is 0 Å². The summed E-state index contributed by atoms with van der Waals surface area (Å²) in [6.45, 7) is 2.36. The van der Waals surface area contributed by atoms with Crippen molar-refractivity contribution in [1.82, 2.24) is 0 Å². The Hall–Kier alpha value is -2.75. The molecule has 0 unspecified atom stereocenters. The fourth-order valence-electron chi connectivity index (χ4n) is 4.97. The summed E-state index contributed by atoms with van der Waals surface area (Å²) in [5.41, 5.74) is 8.11. The molecule has 2 heterocycles. The lowest BCUT2D eigenvalue weighted by molar-refractivity contribution is 0.104. The van der Waals surface area contributed by atoms with Crippen LogP contribution < -0.4 is 14.4 Å². The van der Waals surface area contributed by atoms with Crippen LogP contribution >= 0.6 is 0 Å². The number of hydrogen-bond donors (Lipinski definition) is 0. The van der Waals surface area contributed by atoms with Gasteiger partial charge in [-0.1, -0.05) is 0 Å². The number of rotatable bonds is 3. The standard InChI is InChI=1S/C24H25NO3/c1-27-21-13-18-12-19(24(26)20(18)14-22(21)28-2)11-15-9-16-5-3-7-25-8-4-6-17(10-15)23(16)25/h9-11,13-14H,3-8,12H2,1-2H3/b19-11-. The number of ketones is 1. The van der Waals surface area contributed by atoms with E-state index in [9.17, 15) is 4.79 Å². The van der Waals surface area contributed by atoms with E-state index in [1.54, 1.807) is 14.2 Å². The fourth-order valence-corrected chi connectivity index (χ4v) is 4.97. The number of anilines is 1. The van der Waals surface area contributed by atoms with E-state index in [-0.39, 0.29) is 5.78 Å². The molecule has 0 saturated heterocycles. The zero-order chi connectivity index (χ0) is 19.3. The highest BCUT2D eigenvalue weighted by atomic mass is 16.5. The molecule has 5 rings (SSSR count). The van der Waals surface area contributed by atoms with Crippen LogP contribution in [0.15, 0.2) is 29.8 Å². The molecule has 0 atom stereocenters. The summed E-state index contributed by atoms with van der Waals surface area (Å²) < 4.78 is 10.8. The highest BCUT2D eigenvalue weighted by molar-refractivity contribution is 6.16. The maximum Gasteiger partial charge on any atom is 0.189 e. The largest absolute Gasteiger partial charge is 0.493 e. The van der Waals surface area contributed by atoms with E-state index < -0.39 is 0 Å². The second kappa shape index (κ2) is 6.69. The maximum atomic E-state index is 13.0. The molecule has 2 aromatic carbocycles. The van der Waals surface area contributed by atoms with Crippen molar-refractivity contribution in [2.24, 2.45) is 0 Å². The molecule has 0 aromatic heterocycles. The Balaban J connectivity index is 1.53. The van der Waals surface area contributed by atoms with Crippen LogP contribution in [-0.4, -0.2) is 33.1 Å². The van der Waals surface area contributed by atoms with E-state index in [1.807, 2.05) is 12.1 Å². The highest BCUT2D eigenvalue weighted by Crippen LogP contribution is 2.39. The van der Waals surface area contributed by atoms with Gasteiger partial charge in [-0.15, -0.1) is 0 Å². The van der Waals surface area contributed by atoms with Crippen LogP contribution in [0.2, 0.25) is 0 Å². The Morgan fingerprint density at radius 1 is 0.893 bits per heavy atom. The predicted octanol–water partition coefficient (Wildman–Crippen LogP) is 4.23. The van der Waals surface area contributed by atoms with Gasteiger partial charge in [-0.3, -0.25) is 4.79 Å². The monoisotopic (exact) mass is 375 g/mol. The van der Waals surface area contributed by atoms with Gasteiger partial charge in [-0.2, -0.15) is 0 Å². The normalized spacial score (nSPS) is 18.9. The van der Waals surface area contributed by atoms with Crippen LogP contribution in [0.25, 0.3) is 6.08 Å². The smallest absolute Gasteiger partial charge is 0.189 e. The molecule has 0 N–H and O–H groups in total. The minimum absolute atomic E-state index is 0.101. The summed E-state index contributed by atoms with van der Waals surface area (Å²) in [4.78, 5) is 15.5. The van der Waals surface area contributed by atoms with Gasteiger partial charge < -0.3 is 14.4 Å². The summed E-state index contributed by atoms with van der Waals surface area (Å²) in [7, 11) is 3.22. The van der Waals surface area contributed by atoms with Gasteiger partial charge in [0.1, 0.15) is 0 Å². The molecule has 144 valence electrons. The number of carbonyl (C=O) groups is 1. The van der Waals surface area contributed by atoms with Gasteiger partial charge in [0.25, 0.3) is 0 Å². The second-order valence-electron chi connectivity index (χ2n) is 7.92. The van der Waals surface area contributed by atoms with Gasteiger partial charge >= 0.3 is 0 Å². The average molecular weight is 375 g/mol. The van der Waals surface area contributed by atoms with Crippen LogP contribution in [0.1, 0.15) is 45.5 Å². The Kier molecular flexibility index (Phi) is 4.15. The SMILES string of the molecule is COc1cc2c(cc1OC)C(=O)/C(=C\c1cc3c4c(c1)CCCN4CCC3)C2. The molecule has 4 heteroatoms. The van der Waals surface area contributed by atoms with Crippen molar-refractivity contribution in [2.45, 2.75) is 32.1 Å². The minimum atomic E-state index is 0.101. The van der Waals surface area contributed by atoms with Gasteiger partial charge in [0.2, 0.25) is 0 Å². The van der Waals surface area contributed by atoms with Gasteiger partial charge in [-0.05, 0) is 78.3 Å². The molecule has 0 fully saturated rings. The predicted molar refractivity (Wildman–Crippen MR) is 111 cm³/mol. The Morgan fingerprint density at radius 3 is 2.18 bits per heavy atom. The van der Waals surface area contributed by atoms with E-state index in [2.05, 4.69) is 23.1 Å². The first-order valence-electron chi connectivity index (χ1n) is 10.1. The number of hydrogen-bond acceptors (Lipinski definition) is 4. The molecule has 0 bridgehead atoms. The van der Waals surface area contributed by atoms with Gasteiger partial charge in [0.15, 0.2) is 17.3 Å². The maximum absolute atomic E-state index is 13.0. The summed E-state index contributed by atoms with van der Waals surface area (Å²) >= 11 is 0. The van der Waals surface area contributed by atoms with Gasteiger partial charge in [0, 0.05) is 36.3 Å². The van der Waals surface area contributed by atoms with Crippen LogP contribution in [-0.2, 0) is 19.3 Å². The van der Waals surface area contributed by atoms with E-state index in [1.165, 1.54) is 42.7 Å². The molecule has 2 aliphatic heterocycles. The summed E-state index contributed by atoms with van der Waals surface area (Å²) in [6.07, 6.45) is 7.45. The molecule has 28 heavy (non-hydrogen) atoms. The van der Waals surface area contributed by atoms with Crippen molar-refractivity contribution in [3.8, 4) is 11.5 Å². The number of ether oxygens (including phenoxy) is 2. The summed E-state index contributed by atoms with van der Waals surface area (Å²) in [5, 5.41) is 0. The highest BCUT2D eigenvalue weighted by Gasteiger charge is 2.28. The first-order valence-corrected chi connectivity index (χ1v) is 10.1. The number of Topliss-reactive ketones (excluding diaryl/α,β-unsaturated/α-hetero) is 1. The molecule has 0 radical (unpaired) electrons. The first-order chi connectivity index (χ1) is 13.7. The molecular weight excluding hydrogens is 350 g/mol. The molecule has 3 aliphatic rings. The Morgan fingerprint density at radius 2 is 1.54 bits per heavy atom. The molecule has 0 spiro atoms. The Labute approximate surface area is 165 Å². The summed E-state index contributed by atoms with van der Waals surface area (Å²) in [6, 6.07) is 8.33. The number of nitrogens with zero attached hydrogens (tertiary/aromatic N) is 1. The molecule has 1 aliphatic carbocycles. The van der Waals surface area contributed by atoms with Crippen LogP contribution in [0.4, 0.5) is 5.69 Å². The number of aryl methyl sites for hydroxylation is 2. The van der Waals surface area contributed by atoms with Crippen molar-refractivity contribution in [3.05, 3.63) is 57.7 Å². The zero-order valence-electron chi connectivity index (χ0n) is 16.5. The molecule has 2 aromatic rings. The van der Waals surface area contributed by atoms with E-state index >= 15 is 0 Å². The first kappa shape index (κ1) is 17.4. The number of allylic oxidation sites excluding steroid dienone is 1. The minimum Gasteiger partial charge on any atom is -0.493 e. The third-order valence-electron chi connectivity index (χ3n) is 6.22. The number of benzene rings is 2. The Bertz CT molecular complexity index is 974. The zero-order valence-corrected chi connectivity index (χ0v) is 16.5. The quantitative estimate of drug-likeness (QED) is 0.753. The average Bonchev–Trinajstić information content (AvgIpc) is 3.02. The molecule has 0 saturated carbocycles. The second-order valence-corrected chi connectivity index (χ2v) is 7.92. The van der Waals surface area contributed by atoms with Gasteiger partial charge in [0.05, 0.1) is 14.2 Å². The third kappa shape index (κ3) is 2.70. The lowest BCUT2D eigenvalue weighted by Gasteiger charge is -2.37. The molecule has 4 nitrogen and oxygen atoms in total. The number of fused-ring (bicyclic) bond motifs is 1. The van der Waals surface area contributed by atoms with Crippen molar-refractivity contribution in [1.29, 1.82) is 0 Å². The number of methoxy groups -OCH3 is 2. The molecule has 0 amide bonds. The van der Waals surface area contributed by atoms with Crippen LogP contribution in [0, 0.1) is 0 Å². The third-order valence-corrected chi connectivity index (χ3v) is 6.22. The van der Waals surface area contributed by atoms with Crippen molar-refractivity contribution < 1.29 is 14.3 Å². The van der Waals surface area contributed by atoms with Crippen molar-refractivity contribution >= 4 is 17.5 Å². The van der Waals surface area contributed by atoms with Crippen LogP contribution in [0.5, 0.6) is 11.5 Å². The lowest BCUT2D eigenvalue weighted by Crippen LogP contribution is -2.34. The number of carbonyl (C=O) groups excluding carboxylic acids is 1. The molecular formula is C24H25NO3. The van der Waals surface area contributed by atoms with E-state index in [4.69, 9.17) is 9.47 Å². The lowest BCUT2D eigenvalue weighted by atomic mass is 9.89. The summed E-state index contributed by atoms with van der Waals surface area (Å²) in [5.74, 6) is 1.38. The topological polar surface area (TPSA) is 38.8 Å². The van der Waals surface area contributed by atoms with Crippen LogP contribution in [0.3, 0.4) is 0 Å². The van der Waals surface area contributed by atoms with E-state index in [0.29, 0.717) is 17.9 Å².